The maximum absolute atomic E-state index is 12.5. The third-order valence-corrected chi connectivity index (χ3v) is 3.75. The Morgan fingerprint density at radius 1 is 1.35 bits per heavy atom. The first-order chi connectivity index (χ1) is 11.1. The molecule has 0 aliphatic carbocycles. The van der Waals surface area contributed by atoms with Gasteiger partial charge in [0.25, 0.3) is 12.4 Å². The van der Waals surface area contributed by atoms with Crippen molar-refractivity contribution in [3.05, 3.63) is 36.0 Å². The summed E-state index contributed by atoms with van der Waals surface area (Å²) >= 11 is 0. The lowest BCUT2D eigenvalue weighted by atomic mass is 10.0. The molecular weight excluding hydrogens is 300 g/mol. The number of carbonyl (C=O) groups is 4. The number of hydrogen-bond donors (Lipinski definition) is 1. The number of imide groups is 1. The molecule has 0 aromatic carbocycles. The second kappa shape index (κ2) is 7.53. The molecule has 0 radical (unpaired) electrons. The van der Waals surface area contributed by atoms with Crippen LogP contribution in [0.4, 0.5) is 0 Å². The normalized spacial score (nSPS) is 23.9. The molecule has 0 aromatic rings. The van der Waals surface area contributed by atoms with Gasteiger partial charge in [0.15, 0.2) is 0 Å². The van der Waals surface area contributed by atoms with E-state index in [0.717, 1.165) is 0 Å². The molecule has 3 amide bonds. The van der Waals surface area contributed by atoms with E-state index in [1.807, 2.05) is 0 Å². The summed E-state index contributed by atoms with van der Waals surface area (Å²) in [6, 6.07) is -0.607. The molecule has 122 valence electrons. The predicted octanol–water partition coefficient (Wildman–Crippen LogP) is 0.236. The van der Waals surface area contributed by atoms with Gasteiger partial charge in [-0.3, -0.25) is 24.5 Å². The Bertz CT molecular complexity index is 606. The number of hydrogen-bond acceptors (Lipinski definition) is 5. The number of ether oxygens (including phenoxy) is 1. The molecule has 7 heteroatoms. The van der Waals surface area contributed by atoms with Gasteiger partial charge in [-0.1, -0.05) is 18.7 Å². The van der Waals surface area contributed by atoms with Crippen LogP contribution in [0.1, 0.15) is 19.3 Å². The summed E-state index contributed by atoms with van der Waals surface area (Å²) in [6.45, 7) is 4.38. The molecule has 2 heterocycles. The maximum Gasteiger partial charge on any atom is 0.293 e. The number of carbonyl (C=O) groups excluding carboxylic acids is 4. The van der Waals surface area contributed by atoms with Gasteiger partial charge in [0.2, 0.25) is 11.8 Å². The molecule has 1 atom stereocenters. The molecule has 23 heavy (non-hydrogen) atoms. The van der Waals surface area contributed by atoms with Crippen molar-refractivity contribution in [3.63, 3.8) is 0 Å². The van der Waals surface area contributed by atoms with Crippen molar-refractivity contribution in [2.75, 3.05) is 13.2 Å². The van der Waals surface area contributed by atoms with Crippen molar-refractivity contribution in [1.29, 1.82) is 0 Å². The number of rotatable bonds is 6. The highest BCUT2D eigenvalue weighted by Gasteiger charge is 2.38. The molecule has 1 unspecified atom stereocenters. The highest BCUT2D eigenvalue weighted by Crippen LogP contribution is 2.24. The van der Waals surface area contributed by atoms with Crippen LogP contribution in [0.3, 0.4) is 0 Å². The van der Waals surface area contributed by atoms with Gasteiger partial charge in [-0.15, -0.1) is 0 Å². The molecule has 0 spiro atoms. The summed E-state index contributed by atoms with van der Waals surface area (Å²) in [5.74, 6) is -0.974. The van der Waals surface area contributed by atoms with Crippen LogP contribution in [0.25, 0.3) is 0 Å². The van der Waals surface area contributed by atoms with E-state index < -0.39 is 11.9 Å². The Morgan fingerprint density at radius 3 is 2.78 bits per heavy atom. The Balaban J connectivity index is 2.11. The molecule has 2 aliphatic rings. The minimum atomic E-state index is -0.607. The first-order valence-corrected chi connectivity index (χ1v) is 7.29. The van der Waals surface area contributed by atoms with Gasteiger partial charge in [-0.25, -0.2) is 0 Å². The largest absolute Gasteiger partial charge is 0.463 e. The standard InChI is InChI=1S/C16H18N2O5/c1-2-3-11(9-23-10-19)8-12-6-7-18(16(12)22)13-4-5-14(20)17-15(13)21/h2-3,8,10,13H,1,4-7,9H2,(H,17,20,21)/b11-3+,12-8+. The lowest BCUT2D eigenvalue weighted by molar-refractivity contribution is -0.142. The Hall–Kier alpha value is -2.70. The predicted molar refractivity (Wildman–Crippen MR) is 80.9 cm³/mol. The summed E-state index contributed by atoms with van der Waals surface area (Å²) in [5.41, 5.74) is 1.18. The SMILES string of the molecule is C=C/C=C(\C=C1/CCN(C2CCC(=O)NC2=O)C1=O)COC=O. The summed E-state index contributed by atoms with van der Waals surface area (Å²) < 4.78 is 4.70. The highest BCUT2D eigenvalue weighted by molar-refractivity contribution is 6.04. The third-order valence-electron chi connectivity index (χ3n) is 3.75. The summed E-state index contributed by atoms with van der Waals surface area (Å²) in [4.78, 5) is 47.3. The second-order valence-corrected chi connectivity index (χ2v) is 5.27. The summed E-state index contributed by atoms with van der Waals surface area (Å²) in [6.07, 6.45) is 5.91. The highest BCUT2D eigenvalue weighted by atomic mass is 16.5. The number of allylic oxidation sites excluding steroid dienone is 2. The first kappa shape index (κ1) is 16.7. The van der Waals surface area contributed by atoms with E-state index >= 15 is 0 Å². The molecule has 0 bridgehead atoms. The minimum absolute atomic E-state index is 0.0463. The maximum atomic E-state index is 12.5. The van der Waals surface area contributed by atoms with E-state index in [2.05, 4.69) is 11.9 Å². The van der Waals surface area contributed by atoms with Crippen LogP contribution in [0.2, 0.25) is 0 Å². The van der Waals surface area contributed by atoms with E-state index in [-0.39, 0.29) is 24.8 Å². The van der Waals surface area contributed by atoms with Crippen LogP contribution in [0, 0.1) is 0 Å². The molecule has 2 fully saturated rings. The Morgan fingerprint density at radius 2 is 2.13 bits per heavy atom. The van der Waals surface area contributed by atoms with Crippen molar-refractivity contribution in [1.82, 2.24) is 10.2 Å². The van der Waals surface area contributed by atoms with Crippen molar-refractivity contribution >= 4 is 24.2 Å². The van der Waals surface area contributed by atoms with Gasteiger partial charge in [-0.2, -0.15) is 0 Å². The van der Waals surface area contributed by atoms with Gasteiger partial charge in [0, 0.05) is 18.5 Å². The quantitative estimate of drug-likeness (QED) is 0.328. The van der Waals surface area contributed by atoms with E-state index in [1.54, 1.807) is 12.2 Å². The van der Waals surface area contributed by atoms with Crippen molar-refractivity contribution < 1.29 is 23.9 Å². The fraction of sp³-hybridized carbons (Fsp3) is 0.375. The Labute approximate surface area is 133 Å². The van der Waals surface area contributed by atoms with Crippen LogP contribution < -0.4 is 5.32 Å². The Kier molecular flexibility index (Phi) is 5.46. The zero-order valence-corrected chi connectivity index (χ0v) is 12.6. The average Bonchev–Trinajstić information content (AvgIpc) is 2.86. The molecule has 0 saturated carbocycles. The van der Waals surface area contributed by atoms with Crippen LogP contribution in [0.15, 0.2) is 36.0 Å². The number of nitrogens with one attached hydrogen (secondary N) is 1. The lowest BCUT2D eigenvalue weighted by Crippen LogP contribution is -2.52. The smallest absolute Gasteiger partial charge is 0.293 e. The molecule has 0 aromatic heterocycles. The summed E-state index contributed by atoms with van der Waals surface area (Å²) in [7, 11) is 0. The second-order valence-electron chi connectivity index (χ2n) is 5.27. The monoisotopic (exact) mass is 318 g/mol. The van der Waals surface area contributed by atoms with Gasteiger partial charge in [0.05, 0.1) is 0 Å². The molecule has 2 aliphatic heterocycles. The van der Waals surface area contributed by atoms with Crippen molar-refractivity contribution in [2.24, 2.45) is 0 Å². The van der Waals surface area contributed by atoms with Crippen LogP contribution >= 0.6 is 0 Å². The third kappa shape index (κ3) is 3.94. The fourth-order valence-corrected chi connectivity index (χ4v) is 2.69. The van der Waals surface area contributed by atoms with Crippen molar-refractivity contribution in [2.45, 2.75) is 25.3 Å². The molecule has 7 nitrogen and oxygen atoms in total. The van der Waals surface area contributed by atoms with E-state index in [0.29, 0.717) is 37.0 Å². The van der Waals surface area contributed by atoms with Crippen molar-refractivity contribution in [3.8, 4) is 0 Å². The van der Waals surface area contributed by atoms with Gasteiger partial charge >= 0.3 is 0 Å². The number of nitrogens with zero attached hydrogens (tertiary/aromatic N) is 1. The summed E-state index contributed by atoms with van der Waals surface area (Å²) in [5, 5.41) is 2.26. The van der Waals surface area contributed by atoms with Crippen LogP contribution in [0.5, 0.6) is 0 Å². The number of likely N-dealkylation sites (tertiary alicyclic amines) is 1. The average molecular weight is 318 g/mol. The lowest BCUT2D eigenvalue weighted by Gasteiger charge is -2.29. The number of amides is 3. The molecule has 1 N–H and O–H groups in total. The number of piperidine rings is 1. The fourth-order valence-electron chi connectivity index (χ4n) is 2.69. The van der Waals surface area contributed by atoms with Gasteiger partial charge < -0.3 is 9.64 Å². The van der Waals surface area contributed by atoms with Crippen LogP contribution in [-0.2, 0) is 23.9 Å². The van der Waals surface area contributed by atoms with E-state index in [4.69, 9.17) is 4.74 Å². The topological polar surface area (TPSA) is 92.8 Å². The van der Waals surface area contributed by atoms with Gasteiger partial charge in [0.1, 0.15) is 12.6 Å². The molecule has 2 saturated heterocycles. The molecular formula is C16H18N2O5. The first-order valence-electron chi connectivity index (χ1n) is 7.29. The molecule has 2 rings (SSSR count). The minimum Gasteiger partial charge on any atom is -0.463 e. The van der Waals surface area contributed by atoms with Gasteiger partial charge in [-0.05, 0) is 24.5 Å². The van der Waals surface area contributed by atoms with Crippen LogP contribution in [-0.4, -0.2) is 48.3 Å². The zero-order valence-electron chi connectivity index (χ0n) is 12.6. The zero-order chi connectivity index (χ0) is 16.8. The van der Waals surface area contributed by atoms with E-state index in [1.165, 1.54) is 11.0 Å². The van der Waals surface area contributed by atoms with E-state index in [9.17, 15) is 19.2 Å².